The van der Waals surface area contributed by atoms with Crippen LogP contribution in [0.2, 0.25) is 10.0 Å². The van der Waals surface area contributed by atoms with Crippen molar-refractivity contribution in [3.8, 4) is 0 Å². The van der Waals surface area contributed by atoms with E-state index < -0.39 is 29.1 Å². The zero-order chi connectivity index (χ0) is 13.4. The van der Waals surface area contributed by atoms with Gasteiger partial charge in [0, 0.05) is 0 Å². The van der Waals surface area contributed by atoms with Gasteiger partial charge in [-0.2, -0.15) is 0 Å². The summed E-state index contributed by atoms with van der Waals surface area (Å²) in [5.41, 5.74) is -0.463. The van der Waals surface area contributed by atoms with E-state index in [4.69, 9.17) is 23.2 Å². The Kier molecular flexibility index (Phi) is 3.10. The highest BCUT2D eigenvalue weighted by molar-refractivity contribution is 6.44. The number of rotatable bonds is 1. The summed E-state index contributed by atoms with van der Waals surface area (Å²) in [5, 5.41) is 12.7. The van der Waals surface area contributed by atoms with E-state index >= 15 is 0 Å². The maximum absolute atomic E-state index is 11.2. The van der Waals surface area contributed by atoms with Gasteiger partial charge in [-0.3, -0.25) is 14.9 Å². The van der Waals surface area contributed by atoms with E-state index in [1.165, 1.54) is 6.07 Å². The van der Waals surface area contributed by atoms with Crippen molar-refractivity contribution in [3.05, 3.63) is 31.8 Å². The molecule has 1 heterocycles. The Labute approximate surface area is 110 Å². The molecule has 0 bridgehead atoms. The second-order valence-electron chi connectivity index (χ2n) is 3.33. The highest BCUT2D eigenvalue weighted by atomic mass is 35.5. The van der Waals surface area contributed by atoms with E-state index in [9.17, 15) is 19.7 Å². The molecule has 0 saturated heterocycles. The largest absolute Gasteiger partial charge is 0.453 e. The van der Waals surface area contributed by atoms with Crippen molar-refractivity contribution in [1.82, 2.24) is 0 Å². The first-order valence-electron chi connectivity index (χ1n) is 4.55. The van der Waals surface area contributed by atoms with Gasteiger partial charge in [0.2, 0.25) is 0 Å². The molecule has 2 rings (SSSR count). The van der Waals surface area contributed by atoms with Crippen LogP contribution in [0.5, 0.6) is 0 Å². The second-order valence-corrected chi connectivity index (χ2v) is 4.12. The van der Waals surface area contributed by atoms with Crippen LogP contribution in [0.1, 0.15) is 5.56 Å². The molecule has 0 unspecified atom stereocenters. The minimum atomic E-state index is -1.13. The second kappa shape index (κ2) is 4.43. The fraction of sp³-hybridized carbons (Fsp3) is 0.111. The zero-order valence-electron chi connectivity index (χ0n) is 8.53. The van der Waals surface area contributed by atoms with Crippen molar-refractivity contribution in [2.24, 2.45) is 0 Å². The van der Waals surface area contributed by atoms with Gasteiger partial charge >= 0.3 is 11.9 Å². The van der Waals surface area contributed by atoms with Crippen molar-refractivity contribution in [3.63, 3.8) is 0 Å². The number of halogens is 2. The highest BCUT2D eigenvalue weighted by Crippen LogP contribution is 2.40. The minimum absolute atomic E-state index is 0.00593. The average Bonchev–Trinajstić information content (AvgIpc) is 2.41. The molecule has 0 aliphatic carbocycles. The lowest BCUT2D eigenvalue weighted by molar-refractivity contribution is -0.385. The van der Waals surface area contributed by atoms with E-state index in [0.717, 1.165) is 0 Å². The van der Waals surface area contributed by atoms with E-state index in [-0.39, 0.29) is 21.3 Å². The Hall–Kier alpha value is -1.86. The van der Waals surface area contributed by atoms with Crippen molar-refractivity contribution < 1.29 is 19.2 Å². The number of carbonyl (C=O) groups is 2. The van der Waals surface area contributed by atoms with Crippen LogP contribution in [0.3, 0.4) is 0 Å². The molecule has 1 aliphatic rings. The molecule has 1 aromatic carbocycles. The normalized spacial score (nSPS) is 14.3. The Bertz CT molecular complexity index is 587. The SMILES string of the molecule is O=C1Nc2cc(Cl)c(Cl)c([N+](=O)[O-])c2COC1=O. The number of carbonyl (C=O) groups excluding carboxylic acids is 2. The van der Waals surface area contributed by atoms with Gasteiger partial charge < -0.3 is 10.1 Å². The summed E-state index contributed by atoms with van der Waals surface area (Å²) in [6.45, 7) is -0.430. The molecule has 0 spiro atoms. The molecule has 7 nitrogen and oxygen atoms in total. The summed E-state index contributed by atoms with van der Waals surface area (Å²) in [4.78, 5) is 32.5. The van der Waals surface area contributed by atoms with E-state index in [2.05, 4.69) is 10.1 Å². The molecule has 0 atom stereocenters. The van der Waals surface area contributed by atoms with Crippen LogP contribution in [0.25, 0.3) is 0 Å². The molecule has 9 heteroatoms. The van der Waals surface area contributed by atoms with Crippen molar-refractivity contribution in [2.75, 3.05) is 5.32 Å². The summed E-state index contributed by atoms with van der Waals surface area (Å²) < 4.78 is 4.57. The molecule has 1 amide bonds. The van der Waals surface area contributed by atoms with Crippen LogP contribution in [-0.4, -0.2) is 16.8 Å². The van der Waals surface area contributed by atoms with E-state index in [1.807, 2.05) is 0 Å². The summed E-state index contributed by atoms with van der Waals surface area (Å²) >= 11 is 11.4. The van der Waals surface area contributed by atoms with Crippen molar-refractivity contribution in [1.29, 1.82) is 0 Å². The van der Waals surface area contributed by atoms with Crippen molar-refractivity contribution >= 4 is 46.5 Å². The number of fused-ring (bicyclic) bond motifs is 1. The molecular formula is C9H4Cl2N2O5. The average molecular weight is 291 g/mol. The molecule has 0 radical (unpaired) electrons. The standard InChI is InChI=1S/C9H4Cl2N2O5/c10-4-1-5-3(7(6(4)11)13(16)17)2-18-9(15)8(14)12-5/h1H,2H2,(H,12,14). The summed E-state index contributed by atoms with van der Waals surface area (Å²) in [7, 11) is 0. The van der Waals surface area contributed by atoms with Gasteiger partial charge in [0.05, 0.1) is 21.2 Å². The summed E-state index contributed by atoms with van der Waals surface area (Å²) in [6.07, 6.45) is 0. The van der Waals surface area contributed by atoms with Gasteiger partial charge in [-0.25, -0.2) is 4.79 Å². The lowest BCUT2D eigenvalue weighted by atomic mass is 10.1. The number of cyclic esters (lactones) is 1. The summed E-state index contributed by atoms with van der Waals surface area (Å²) in [6, 6.07) is 1.23. The van der Waals surface area contributed by atoms with E-state index in [0.29, 0.717) is 0 Å². The molecule has 1 aliphatic heterocycles. The lowest BCUT2D eigenvalue weighted by Crippen LogP contribution is -2.22. The van der Waals surface area contributed by atoms with Gasteiger partial charge in [0.1, 0.15) is 11.6 Å². The molecule has 1 N–H and O–H groups in total. The maximum atomic E-state index is 11.2. The first kappa shape index (κ1) is 12.6. The fourth-order valence-electron chi connectivity index (χ4n) is 1.47. The molecule has 0 saturated carbocycles. The molecule has 94 valence electrons. The number of nitro benzene ring substituents is 1. The monoisotopic (exact) mass is 290 g/mol. The number of esters is 1. The third kappa shape index (κ3) is 1.98. The quantitative estimate of drug-likeness (QED) is 0.369. The Morgan fingerprint density at radius 2 is 2.06 bits per heavy atom. The van der Waals surface area contributed by atoms with Gasteiger partial charge in [0.25, 0.3) is 5.69 Å². The first-order valence-corrected chi connectivity index (χ1v) is 5.30. The smallest absolute Gasteiger partial charge is 0.397 e. The molecule has 1 aromatic rings. The van der Waals surface area contributed by atoms with Crippen LogP contribution in [0.15, 0.2) is 6.07 Å². The Morgan fingerprint density at radius 3 is 2.67 bits per heavy atom. The molecule has 18 heavy (non-hydrogen) atoms. The third-order valence-corrected chi connectivity index (χ3v) is 3.04. The number of hydrogen-bond acceptors (Lipinski definition) is 5. The van der Waals surface area contributed by atoms with Gasteiger partial charge in [-0.15, -0.1) is 0 Å². The number of nitrogens with one attached hydrogen (secondary N) is 1. The minimum Gasteiger partial charge on any atom is -0.453 e. The molecule has 0 fully saturated rings. The fourth-order valence-corrected chi connectivity index (χ4v) is 1.91. The predicted octanol–water partition coefficient (Wildman–Crippen LogP) is 1.90. The predicted molar refractivity (Wildman–Crippen MR) is 61.5 cm³/mol. The van der Waals surface area contributed by atoms with Crippen LogP contribution in [0.4, 0.5) is 11.4 Å². The first-order chi connectivity index (χ1) is 8.41. The molecule has 0 aromatic heterocycles. The number of ether oxygens (including phenoxy) is 1. The highest BCUT2D eigenvalue weighted by Gasteiger charge is 2.31. The zero-order valence-corrected chi connectivity index (χ0v) is 10.0. The van der Waals surface area contributed by atoms with E-state index in [1.54, 1.807) is 0 Å². The Morgan fingerprint density at radius 1 is 1.39 bits per heavy atom. The number of nitro groups is 1. The van der Waals surface area contributed by atoms with Gasteiger partial charge in [0.15, 0.2) is 0 Å². The lowest BCUT2D eigenvalue weighted by Gasteiger charge is -2.08. The summed E-state index contributed by atoms with van der Waals surface area (Å²) in [5.74, 6) is -2.16. The van der Waals surface area contributed by atoms with Crippen LogP contribution < -0.4 is 5.32 Å². The van der Waals surface area contributed by atoms with Crippen LogP contribution in [-0.2, 0) is 20.9 Å². The third-order valence-electron chi connectivity index (χ3n) is 2.26. The van der Waals surface area contributed by atoms with Crippen LogP contribution in [0, 0.1) is 10.1 Å². The number of nitrogens with zero attached hydrogens (tertiary/aromatic N) is 1. The molecular weight excluding hydrogens is 287 g/mol. The Balaban J connectivity index is 2.68. The number of anilines is 1. The topological polar surface area (TPSA) is 98.5 Å². The number of hydrogen-bond donors (Lipinski definition) is 1. The number of amides is 1. The maximum Gasteiger partial charge on any atom is 0.397 e. The van der Waals surface area contributed by atoms with Crippen molar-refractivity contribution in [2.45, 2.75) is 6.61 Å². The van der Waals surface area contributed by atoms with Gasteiger partial charge in [-0.05, 0) is 6.07 Å². The van der Waals surface area contributed by atoms with Crippen LogP contribution >= 0.6 is 23.2 Å². The number of benzene rings is 1. The van der Waals surface area contributed by atoms with Gasteiger partial charge in [-0.1, -0.05) is 23.2 Å².